The first-order chi connectivity index (χ1) is 8.31. The number of hydrogen-bond donors (Lipinski definition) is 1. The first-order valence-electron chi connectivity index (χ1n) is 6.97. The molecule has 0 amide bonds. The third kappa shape index (κ3) is 3.10. The first kappa shape index (κ1) is 13.5. The Morgan fingerprint density at radius 3 is 2.44 bits per heavy atom. The molecule has 0 aromatic carbocycles. The molecule has 0 spiro atoms. The van der Waals surface area contributed by atoms with Crippen molar-refractivity contribution in [3.63, 3.8) is 0 Å². The topological polar surface area (TPSA) is 42.7 Å². The third-order valence-electron chi connectivity index (χ3n) is 3.74. The van der Waals surface area contributed by atoms with E-state index in [9.17, 15) is 0 Å². The molecule has 0 aliphatic carbocycles. The van der Waals surface area contributed by atoms with Gasteiger partial charge in [-0.2, -0.15) is 5.10 Å². The first-order valence-corrected chi connectivity index (χ1v) is 6.97. The van der Waals surface area contributed by atoms with Crippen LogP contribution in [0.5, 0.6) is 0 Å². The van der Waals surface area contributed by atoms with Gasteiger partial charge >= 0.3 is 0 Å². The summed E-state index contributed by atoms with van der Waals surface area (Å²) in [6, 6.07) is 0. The highest BCUT2D eigenvalue weighted by Gasteiger charge is 2.37. The normalized spacial score (nSPS) is 23.2. The van der Waals surface area contributed by atoms with Crippen LogP contribution in [0, 0.1) is 5.92 Å². The summed E-state index contributed by atoms with van der Waals surface area (Å²) in [6.45, 7) is 12.2. The van der Waals surface area contributed by atoms with Gasteiger partial charge < -0.3 is 5.32 Å². The summed E-state index contributed by atoms with van der Waals surface area (Å²) in [6.07, 6.45) is 5.12. The SMILES string of the molecule is CCn1ncnc1CC1CC(C)(C)NC(C)(C)C1. The summed E-state index contributed by atoms with van der Waals surface area (Å²) in [7, 11) is 0. The van der Waals surface area contributed by atoms with Gasteiger partial charge in [0.25, 0.3) is 0 Å². The van der Waals surface area contributed by atoms with Gasteiger partial charge in [-0.1, -0.05) is 0 Å². The smallest absolute Gasteiger partial charge is 0.138 e. The molecule has 0 bridgehead atoms. The molecular weight excluding hydrogens is 224 g/mol. The third-order valence-corrected chi connectivity index (χ3v) is 3.74. The van der Waals surface area contributed by atoms with E-state index >= 15 is 0 Å². The summed E-state index contributed by atoms with van der Waals surface area (Å²) < 4.78 is 2.02. The van der Waals surface area contributed by atoms with Crippen LogP contribution < -0.4 is 5.32 Å². The summed E-state index contributed by atoms with van der Waals surface area (Å²) in [4.78, 5) is 4.41. The van der Waals surface area contributed by atoms with Gasteiger partial charge in [0.2, 0.25) is 0 Å². The van der Waals surface area contributed by atoms with Gasteiger partial charge in [0.15, 0.2) is 0 Å². The lowest BCUT2D eigenvalue weighted by molar-refractivity contribution is 0.127. The number of aryl methyl sites for hydroxylation is 1. The van der Waals surface area contributed by atoms with Gasteiger partial charge in [-0.3, -0.25) is 4.68 Å². The molecule has 4 nitrogen and oxygen atoms in total. The van der Waals surface area contributed by atoms with Crippen LogP contribution in [0.4, 0.5) is 0 Å². The van der Waals surface area contributed by atoms with Crippen molar-refractivity contribution >= 4 is 0 Å². The molecule has 0 saturated carbocycles. The van der Waals surface area contributed by atoms with E-state index < -0.39 is 0 Å². The molecule has 1 aliphatic rings. The van der Waals surface area contributed by atoms with Crippen molar-refractivity contribution in [2.24, 2.45) is 5.92 Å². The van der Waals surface area contributed by atoms with Crippen molar-refractivity contribution in [1.82, 2.24) is 20.1 Å². The fraction of sp³-hybridized carbons (Fsp3) is 0.857. The van der Waals surface area contributed by atoms with Gasteiger partial charge in [0, 0.05) is 24.0 Å². The minimum atomic E-state index is 0.212. The average Bonchev–Trinajstić information content (AvgIpc) is 2.59. The average molecular weight is 250 g/mol. The van der Waals surface area contributed by atoms with Crippen molar-refractivity contribution < 1.29 is 0 Å². The Labute approximate surface area is 110 Å². The van der Waals surface area contributed by atoms with E-state index in [2.05, 4.69) is 50.0 Å². The second-order valence-electron chi connectivity index (χ2n) is 6.86. The molecule has 0 radical (unpaired) electrons. The number of nitrogens with zero attached hydrogens (tertiary/aromatic N) is 3. The molecule has 1 aliphatic heterocycles. The predicted octanol–water partition coefficient (Wildman–Crippen LogP) is 2.40. The van der Waals surface area contributed by atoms with Crippen molar-refractivity contribution in [2.45, 2.75) is 71.5 Å². The van der Waals surface area contributed by atoms with Gasteiger partial charge in [-0.15, -0.1) is 0 Å². The van der Waals surface area contributed by atoms with Crippen molar-refractivity contribution in [2.75, 3.05) is 0 Å². The number of rotatable bonds is 3. The molecule has 2 rings (SSSR count). The maximum Gasteiger partial charge on any atom is 0.138 e. The molecule has 1 fully saturated rings. The molecule has 0 unspecified atom stereocenters. The molecule has 1 aromatic rings. The highest BCUT2D eigenvalue weighted by molar-refractivity contribution is 5.00. The van der Waals surface area contributed by atoms with E-state index in [1.165, 1.54) is 12.8 Å². The van der Waals surface area contributed by atoms with Gasteiger partial charge in [-0.05, 0) is 53.4 Å². The maximum atomic E-state index is 4.41. The predicted molar refractivity (Wildman–Crippen MR) is 73.4 cm³/mol. The Morgan fingerprint density at radius 1 is 1.28 bits per heavy atom. The summed E-state index contributed by atoms with van der Waals surface area (Å²) >= 11 is 0. The molecule has 2 heterocycles. The van der Waals surface area contributed by atoms with Crippen molar-refractivity contribution in [3.8, 4) is 0 Å². The number of piperidine rings is 1. The van der Waals surface area contributed by atoms with Gasteiger partial charge in [0.1, 0.15) is 12.2 Å². The van der Waals surface area contributed by atoms with Crippen LogP contribution in [0.25, 0.3) is 0 Å². The summed E-state index contributed by atoms with van der Waals surface area (Å²) in [5.74, 6) is 1.82. The van der Waals surface area contributed by atoms with Crippen LogP contribution in [0.3, 0.4) is 0 Å². The van der Waals surface area contributed by atoms with E-state index in [0.717, 1.165) is 18.8 Å². The molecule has 1 N–H and O–H groups in total. The fourth-order valence-corrected chi connectivity index (χ4v) is 3.65. The lowest BCUT2D eigenvalue weighted by Crippen LogP contribution is -2.58. The van der Waals surface area contributed by atoms with Gasteiger partial charge in [-0.25, -0.2) is 4.98 Å². The summed E-state index contributed by atoms with van der Waals surface area (Å²) in [5, 5.41) is 7.99. The van der Waals surface area contributed by atoms with E-state index in [1.807, 2.05) is 4.68 Å². The minimum absolute atomic E-state index is 0.212. The van der Waals surface area contributed by atoms with E-state index in [1.54, 1.807) is 6.33 Å². The largest absolute Gasteiger partial charge is 0.307 e. The molecule has 1 saturated heterocycles. The molecule has 102 valence electrons. The monoisotopic (exact) mass is 250 g/mol. The molecule has 1 aromatic heterocycles. The fourth-order valence-electron chi connectivity index (χ4n) is 3.65. The molecule has 18 heavy (non-hydrogen) atoms. The Balaban J connectivity index is 2.09. The standard InChI is InChI=1S/C14H26N4/c1-6-18-12(15-10-16-18)7-11-8-13(2,3)17-14(4,5)9-11/h10-11,17H,6-9H2,1-5H3. The highest BCUT2D eigenvalue weighted by atomic mass is 15.3. The van der Waals surface area contributed by atoms with Crippen LogP contribution in [-0.2, 0) is 13.0 Å². The van der Waals surface area contributed by atoms with E-state index in [0.29, 0.717) is 5.92 Å². The maximum absolute atomic E-state index is 4.41. The number of hydrogen-bond acceptors (Lipinski definition) is 3. The Kier molecular flexibility index (Phi) is 3.49. The summed E-state index contributed by atoms with van der Waals surface area (Å²) in [5.41, 5.74) is 0.424. The Hall–Kier alpha value is -0.900. The zero-order valence-corrected chi connectivity index (χ0v) is 12.3. The zero-order chi connectivity index (χ0) is 13.4. The van der Waals surface area contributed by atoms with E-state index in [-0.39, 0.29) is 11.1 Å². The number of nitrogens with one attached hydrogen (secondary N) is 1. The second kappa shape index (κ2) is 4.65. The van der Waals surface area contributed by atoms with Crippen molar-refractivity contribution in [1.29, 1.82) is 0 Å². The lowest BCUT2D eigenvalue weighted by atomic mass is 9.74. The van der Waals surface area contributed by atoms with Crippen LogP contribution in [0.2, 0.25) is 0 Å². The molecule has 4 heteroatoms. The Morgan fingerprint density at radius 2 is 1.89 bits per heavy atom. The lowest BCUT2D eigenvalue weighted by Gasteiger charge is -2.46. The minimum Gasteiger partial charge on any atom is -0.307 e. The van der Waals surface area contributed by atoms with E-state index in [4.69, 9.17) is 0 Å². The molecule has 0 atom stereocenters. The zero-order valence-electron chi connectivity index (χ0n) is 12.3. The van der Waals surface area contributed by atoms with Gasteiger partial charge in [0.05, 0.1) is 0 Å². The van der Waals surface area contributed by atoms with Crippen LogP contribution in [0.1, 0.15) is 53.3 Å². The van der Waals surface area contributed by atoms with Crippen LogP contribution >= 0.6 is 0 Å². The second-order valence-corrected chi connectivity index (χ2v) is 6.86. The van der Waals surface area contributed by atoms with Crippen LogP contribution in [-0.4, -0.2) is 25.8 Å². The van der Waals surface area contributed by atoms with Crippen LogP contribution in [0.15, 0.2) is 6.33 Å². The molecular formula is C14H26N4. The number of aromatic nitrogens is 3. The highest BCUT2D eigenvalue weighted by Crippen LogP contribution is 2.34. The quantitative estimate of drug-likeness (QED) is 0.895. The van der Waals surface area contributed by atoms with Crippen molar-refractivity contribution in [3.05, 3.63) is 12.2 Å². The Bertz CT molecular complexity index is 390.